The predicted molar refractivity (Wildman–Crippen MR) is 162 cm³/mol. The van der Waals surface area contributed by atoms with Crippen LogP contribution in [0.1, 0.15) is 67.1 Å². The molecule has 4 heterocycles. The van der Waals surface area contributed by atoms with Crippen molar-refractivity contribution in [3.63, 3.8) is 0 Å². The molecule has 8 nitrogen and oxygen atoms in total. The summed E-state index contributed by atoms with van der Waals surface area (Å²) in [5.74, 6) is 1.65. The van der Waals surface area contributed by atoms with Gasteiger partial charge >= 0.3 is 0 Å². The SMILES string of the molecule is Cc1ccc([C@@H](O)Cn2cc3c(-c4nc(-c5cc6cn(C)nc6nc5C(C)C)n(C)c4C4CC4)cccc3n2)cc1. The number of imidazole rings is 1. The largest absolute Gasteiger partial charge is 0.386 e. The van der Waals surface area contributed by atoms with Crippen LogP contribution in [-0.4, -0.2) is 39.2 Å². The van der Waals surface area contributed by atoms with Gasteiger partial charge in [-0.1, -0.05) is 55.8 Å². The van der Waals surface area contributed by atoms with Crippen LogP contribution in [0.4, 0.5) is 0 Å². The first-order valence-electron chi connectivity index (χ1n) is 14.4. The van der Waals surface area contributed by atoms with Crippen molar-refractivity contribution in [2.75, 3.05) is 0 Å². The lowest BCUT2D eigenvalue weighted by Gasteiger charge is -2.12. The van der Waals surface area contributed by atoms with Gasteiger partial charge in [0, 0.05) is 60.0 Å². The average Bonchev–Trinajstić information content (AvgIpc) is 3.43. The van der Waals surface area contributed by atoms with Crippen LogP contribution in [0.3, 0.4) is 0 Å². The molecule has 0 aliphatic heterocycles. The average molecular weight is 546 g/mol. The second-order valence-electron chi connectivity index (χ2n) is 11.8. The van der Waals surface area contributed by atoms with Crippen molar-refractivity contribution in [1.29, 1.82) is 0 Å². The van der Waals surface area contributed by atoms with Gasteiger partial charge in [-0.05, 0) is 43.4 Å². The maximum Gasteiger partial charge on any atom is 0.181 e. The van der Waals surface area contributed by atoms with Crippen LogP contribution in [0.5, 0.6) is 0 Å². The molecule has 41 heavy (non-hydrogen) atoms. The molecule has 0 saturated heterocycles. The van der Waals surface area contributed by atoms with E-state index in [0.717, 1.165) is 55.8 Å². The van der Waals surface area contributed by atoms with E-state index in [1.54, 1.807) is 0 Å². The Morgan fingerprint density at radius 1 is 0.951 bits per heavy atom. The van der Waals surface area contributed by atoms with Crippen molar-refractivity contribution in [3.8, 4) is 22.6 Å². The third-order valence-corrected chi connectivity index (χ3v) is 8.20. The molecule has 1 aliphatic carbocycles. The van der Waals surface area contributed by atoms with E-state index in [0.29, 0.717) is 12.5 Å². The summed E-state index contributed by atoms with van der Waals surface area (Å²) in [6, 6.07) is 16.4. The fourth-order valence-corrected chi connectivity index (χ4v) is 5.94. The van der Waals surface area contributed by atoms with E-state index in [2.05, 4.69) is 55.0 Å². The highest BCUT2D eigenvalue weighted by molar-refractivity contribution is 5.95. The number of aromatic nitrogens is 7. The van der Waals surface area contributed by atoms with Crippen molar-refractivity contribution < 1.29 is 5.11 Å². The third-order valence-electron chi connectivity index (χ3n) is 8.20. The van der Waals surface area contributed by atoms with Crippen LogP contribution in [0.25, 0.3) is 44.6 Å². The van der Waals surface area contributed by atoms with Crippen LogP contribution in [0.2, 0.25) is 0 Å². The highest BCUT2D eigenvalue weighted by Gasteiger charge is 2.33. The molecular formula is C33H35N7O. The molecular weight excluding hydrogens is 510 g/mol. The van der Waals surface area contributed by atoms with Gasteiger partial charge in [0.2, 0.25) is 0 Å². The lowest BCUT2D eigenvalue weighted by Crippen LogP contribution is -2.09. The Balaban J connectivity index is 1.34. The molecule has 208 valence electrons. The van der Waals surface area contributed by atoms with Gasteiger partial charge in [-0.2, -0.15) is 10.2 Å². The van der Waals surface area contributed by atoms with Gasteiger partial charge in [0.1, 0.15) is 5.82 Å². The number of rotatable bonds is 7. The van der Waals surface area contributed by atoms with Crippen LogP contribution in [0.15, 0.2) is 60.9 Å². The van der Waals surface area contributed by atoms with Crippen molar-refractivity contribution in [3.05, 3.63) is 83.4 Å². The minimum Gasteiger partial charge on any atom is -0.386 e. The number of nitrogens with zero attached hydrogens (tertiary/aromatic N) is 7. The smallest absolute Gasteiger partial charge is 0.181 e. The Morgan fingerprint density at radius 3 is 2.46 bits per heavy atom. The second-order valence-corrected chi connectivity index (χ2v) is 11.8. The first-order chi connectivity index (χ1) is 19.8. The van der Waals surface area contributed by atoms with Gasteiger partial charge in [0.05, 0.1) is 29.6 Å². The molecule has 0 bridgehead atoms. The number of aliphatic hydroxyl groups excluding tert-OH is 1. The molecule has 1 N–H and O–H groups in total. The quantitative estimate of drug-likeness (QED) is 0.250. The zero-order chi connectivity index (χ0) is 28.4. The van der Waals surface area contributed by atoms with Crippen molar-refractivity contribution >= 4 is 21.9 Å². The topological polar surface area (TPSA) is 86.6 Å². The Bertz CT molecular complexity index is 1900. The number of hydrogen-bond donors (Lipinski definition) is 1. The van der Waals surface area contributed by atoms with Crippen LogP contribution in [0, 0.1) is 6.92 Å². The highest BCUT2D eigenvalue weighted by atomic mass is 16.3. The summed E-state index contributed by atoms with van der Waals surface area (Å²) >= 11 is 0. The molecule has 1 fully saturated rings. The standard InChI is InChI=1S/C33H35N7O/c1-19(2)29-25(15-23-16-38(4)37-32(23)34-29)33-35-30(31(39(33)5)22-13-14-22)24-7-6-8-27-26(24)17-40(36-27)18-28(41)21-11-9-20(3)10-12-21/h6-12,15-17,19,22,28,41H,13-14,18H2,1-5H3/t28-/m0/s1. The van der Waals surface area contributed by atoms with Crippen molar-refractivity contribution in [2.45, 2.75) is 58.1 Å². The highest BCUT2D eigenvalue weighted by Crippen LogP contribution is 2.47. The minimum atomic E-state index is -0.638. The predicted octanol–water partition coefficient (Wildman–Crippen LogP) is 6.43. The summed E-state index contributed by atoms with van der Waals surface area (Å²) in [5.41, 5.74) is 9.14. The second kappa shape index (κ2) is 9.66. The maximum atomic E-state index is 10.9. The monoisotopic (exact) mass is 545 g/mol. The molecule has 7 rings (SSSR count). The summed E-state index contributed by atoms with van der Waals surface area (Å²) in [5, 5.41) is 22.4. The lowest BCUT2D eigenvalue weighted by molar-refractivity contribution is 0.152. The normalized spacial score (nSPS) is 14.5. The summed E-state index contributed by atoms with van der Waals surface area (Å²) < 4.78 is 5.96. The Labute approximate surface area is 239 Å². The van der Waals surface area contributed by atoms with E-state index in [9.17, 15) is 5.11 Å². The number of benzene rings is 2. The third kappa shape index (κ3) is 4.52. The summed E-state index contributed by atoms with van der Waals surface area (Å²) in [6.45, 7) is 6.78. The van der Waals surface area contributed by atoms with Gasteiger partial charge < -0.3 is 9.67 Å². The molecule has 1 saturated carbocycles. The van der Waals surface area contributed by atoms with Gasteiger partial charge in [0.25, 0.3) is 0 Å². The van der Waals surface area contributed by atoms with Crippen molar-refractivity contribution in [1.82, 2.24) is 34.1 Å². The lowest BCUT2D eigenvalue weighted by atomic mass is 10.0. The number of hydrogen-bond acceptors (Lipinski definition) is 5. The number of aryl methyl sites for hydroxylation is 2. The van der Waals surface area contributed by atoms with E-state index in [1.807, 2.05) is 59.9 Å². The van der Waals surface area contributed by atoms with Gasteiger partial charge in [0.15, 0.2) is 5.65 Å². The molecule has 1 atom stereocenters. The maximum absolute atomic E-state index is 10.9. The Hall–Kier alpha value is -4.30. The van der Waals surface area contributed by atoms with E-state index >= 15 is 0 Å². The molecule has 0 unspecified atom stereocenters. The molecule has 0 amide bonds. The molecule has 0 radical (unpaired) electrons. The summed E-state index contributed by atoms with van der Waals surface area (Å²) in [7, 11) is 4.07. The number of pyridine rings is 1. The molecule has 2 aromatic carbocycles. The fraction of sp³-hybridized carbons (Fsp3) is 0.333. The van der Waals surface area contributed by atoms with E-state index in [1.165, 1.54) is 24.1 Å². The fourth-order valence-electron chi connectivity index (χ4n) is 5.94. The Morgan fingerprint density at radius 2 is 1.73 bits per heavy atom. The van der Waals surface area contributed by atoms with Crippen molar-refractivity contribution in [2.24, 2.45) is 14.1 Å². The molecule has 6 aromatic rings. The van der Waals surface area contributed by atoms with Gasteiger partial charge in [-0.15, -0.1) is 0 Å². The van der Waals surface area contributed by atoms with E-state index in [-0.39, 0.29) is 5.92 Å². The molecule has 8 heteroatoms. The molecule has 1 aliphatic rings. The summed E-state index contributed by atoms with van der Waals surface area (Å²) in [6.07, 6.45) is 5.76. The first-order valence-corrected chi connectivity index (χ1v) is 14.4. The minimum absolute atomic E-state index is 0.225. The van der Waals surface area contributed by atoms with Crippen LogP contribution in [-0.2, 0) is 20.6 Å². The van der Waals surface area contributed by atoms with E-state index < -0.39 is 6.10 Å². The van der Waals surface area contributed by atoms with Crippen LogP contribution >= 0.6 is 0 Å². The zero-order valence-corrected chi connectivity index (χ0v) is 24.2. The molecule has 0 spiro atoms. The first kappa shape index (κ1) is 25.7. The number of fused-ring (bicyclic) bond motifs is 2. The van der Waals surface area contributed by atoms with E-state index in [4.69, 9.17) is 15.1 Å². The Kier molecular flexibility index (Phi) is 6.05. The number of aliphatic hydroxyl groups is 1. The summed E-state index contributed by atoms with van der Waals surface area (Å²) in [4.78, 5) is 10.3. The van der Waals surface area contributed by atoms with Crippen LogP contribution < -0.4 is 0 Å². The molecule has 4 aromatic heterocycles. The van der Waals surface area contributed by atoms with Gasteiger partial charge in [-0.25, -0.2) is 9.97 Å². The van der Waals surface area contributed by atoms with Gasteiger partial charge in [-0.3, -0.25) is 9.36 Å². The zero-order valence-electron chi connectivity index (χ0n) is 24.2.